The molecule has 1 N–H and O–H groups in total. The van der Waals surface area contributed by atoms with E-state index in [-0.39, 0.29) is 0 Å². The second-order valence-electron chi connectivity index (χ2n) is 8.86. The van der Waals surface area contributed by atoms with Gasteiger partial charge in [-0.05, 0) is 36.8 Å². The van der Waals surface area contributed by atoms with E-state index in [2.05, 4.69) is 59.2 Å². The zero-order valence-electron chi connectivity index (χ0n) is 20.2. The summed E-state index contributed by atoms with van der Waals surface area (Å²) in [5, 5.41) is 9.99. The minimum absolute atomic E-state index is 0.291. The zero-order chi connectivity index (χ0) is 24.9. The molecule has 6 nitrogen and oxygen atoms in total. The molecule has 182 valence electrons. The smallest absolute Gasteiger partial charge is 0.335 e. The van der Waals surface area contributed by atoms with Gasteiger partial charge in [0.05, 0.1) is 11.3 Å². The van der Waals surface area contributed by atoms with Crippen molar-refractivity contribution in [3.05, 3.63) is 102 Å². The van der Waals surface area contributed by atoms with Crippen LogP contribution in [-0.4, -0.2) is 47.2 Å². The molecule has 4 aromatic rings. The number of aromatic nitrogens is 2. The highest BCUT2D eigenvalue weighted by molar-refractivity contribution is 7.98. The van der Waals surface area contributed by atoms with Crippen LogP contribution in [0.15, 0.2) is 90.1 Å². The lowest BCUT2D eigenvalue weighted by Crippen LogP contribution is -2.46. The monoisotopic (exact) mass is 496 g/mol. The van der Waals surface area contributed by atoms with Crippen LogP contribution in [0.1, 0.15) is 21.5 Å². The zero-order valence-corrected chi connectivity index (χ0v) is 21.0. The molecule has 36 heavy (non-hydrogen) atoms. The highest BCUT2D eigenvalue weighted by Crippen LogP contribution is 2.29. The molecule has 1 aromatic heterocycles. The van der Waals surface area contributed by atoms with E-state index in [4.69, 9.17) is 9.97 Å². The summed E-state index contributed by atoms with van der Waals surface area (Å²) < 4.78 is 0. The van der Waals surface area contributed by atoms with Gasteiger partial charge in [-0.15, -0.1) is 0 Å². The normalized spacial score (nSPS) is 13.6. The fourth-order valence-corrected chi connectivity index (χ4v) is 5.08. The van der Waals surface area contributed by atoms with Gasteiger partial charge in [0.1, 0.15) is 5.82 Å². The first kappa shape index (κ1) is 23.9. The van der Waals surface area contributed by atoms with Crippen LogP contribution in [0.4, 0.5) is 11.5 Å². The van der Waals surface area contributed by atoms with Crippen LogP contribution in [0, 0.1) is 6.92 Å². The molecule has 0 atom stereocenters. The summed E-state index contributed by atoms with van der Waals surface area (Å²) in [7, 11) is 0. The second-order valence-corrected chi connectivity index (χ2v) is 9.81. The van der Waals surface area contributed by atoms with Crippen LogP contribution in [-0.2, 0) is 5.75 Å². The number of carboxylic acids is 1. The summed E-state index contributed by atoms with van der Waals surface area (Å²) in [5.41, 5.74) is 5.69. The number of rotatable bonds is 7. The lowest BCUT2D eigenvalue weighted by atomic mass is 10.1. The van der Waals surface area contributed by atoms with Gasteiger partial charge in [-0.2, -0.15) is 0 Å². The summed E-state index contributed by atoms with van der Waals surface area (Å²) in [6, 6.07) is 28.0. The van der Waals surface area contributed by atoms with Crippen LogP contribution in [0.5, 0.6) is 0 Å². The summed E-state index contributed by atoms with van der Waals surface area (Å²) in [5.74, 6) is 0.602. The molecular weight excluding hydrogens is 468 g/mol. The van der Waals surface area contributed by atoms with E-state index in [0.29, 0.717) is 16.5 Å². The van der Waals surface area contributed by atoms with E-state index >= 15 is 0 Å². The number of piperazine rings is 1. The van der Waals surface area contributed by atoms with Gasteiger partial charge in [0.2, 0.25) is 0 Å². The van der Waals surface area contributed by atoms with Gasteiger partial charge in [-0.25, -0.2) is 14.8 Å². The number of carbonyl (C=O) groups is 1. The van der Waals surface area contributed by atoms with Crippen molar-refractivity contribution < 1.29 is 9.90 Å². The predicted molar refractivity (Wildman–Crippen MR) is 146 cm³/mol. The number of hydrogen-bond acceptors (Lipinski definition) is 6. The molecule has 5 rings (SSSR count). The maximum Gasteiger partial charge on any atom is 0.335 e. The van der Waals surface area contributed by atoms with Crippen molar-refractivity contribution in [3.8, 4) is 11.3 Å². The summed E-state index contributed by atoms with van der Waals surface area (Å²) in [6.45, 7) is 5.73. The molecular formula is C29H28N4O2S. The number of hydrogen-bond donors (Lipinski definition) is 1. The number of aryl methyl sites for hydroxylation is 1. The van der Waals surface area contributed by atoms with Crippen LogP contribution < -0.4 is 9.80 Å². The van der Waals surface area contributed by atoms with Crippen molar-refractivity contribution in [3.63, 3.8) is 0 Å². The Kier molecular flexibility index (Phi) is 7.18. The molecule has 7 heteroatoms. The number of benzene rings is 3. The highest BCUT2D eigenvalue weighted by atomic mass is 32.2. The molecule has 0 radical (unpaired) electrons. The first-order valence-electron chi connectivity index (χ1n) is 12.0. The molecule has 1 aliphatic rings. The topological polar surface area (TPSA) is 69.6 Å². The minimum Gasteiger partial charge on any atom is -0.478 e. The minimum atomic E-state index is -0.920. The third kappa shape index (κ3) is 5.69. The van der Waals surface area contributed by atoms with Gasteiger partial charge in [0, 0.05) is 49.2 Å². The molecule has 1 fully saturated rings. The van der Waals surface area contributed by atoms with E-state index in [0.717, 1.165) is 48.8 Å². The lowest BCUT2D eigenvalue weighted by Gasteiger charge is -2.37. The number of nitrogens with zero attached hydrogens (tertiary/aromatic N) is 4. The van der Waals surface area contributed by atoms with Crippen LogP contribution in [0.3, 0.4) is 0 Å². The third-order valence-corrected chi connectivity index (χ3v) is 7.22. The van der Waals surface area contributed by atoms with Gasteiger partial charge < -0.3 is 14.9 Å². The molecule has 3 aromatic carbocycles. The molecule has 0 saturated carbocycles. The molecule has 1 saturated heterocycles. The molecule has 0 unspecified atom stereocenters. The third-order valence-electron chi connectivity index (χ3n) is 6.31. The van der Waals surface area contributed by atoms with Crippen molar-refractivity contribution in [2.45, 2.75) is 17.8 Å². The Balaban J connectivity index is 1.36. The highest BCUT2D eigenvalue weighted by Gasteiger charge is 2.20. The Morgan fingerprint density at radius 1 is 0.861 bits per heavy atom. The van der Waals surface area contributed by atoms with E-state index in [1.54, 1.807) is 18.2 Å². The van der Waals surface area contributed by atoms with Crippen LogP contribution >= 0.6 is 11.8 Å². The van der Waals surface area contributed by atoms with Crippen LogP contribution in [0.25, 0.3) is 11.3 Å². The molecule has 0 amide bonds. The number of thioether (sulfide) groups is 1. The van der Waals surface area contributed by atoms with E-state index < -0.39 is 5.97 Å². The predicted octanol–water partition coefficient (Wildman–Crippen LogP) is 5.77. The number of aromatic carboxylic acids is 1. The lowest BCUT2D eigenvalue weighted by molar-refractivity contribution is 0.0696. The average Bonchev–Trinajstić information content (AvgIpc) is 2.93. The Labute approximate surface area is 215 Å². The standard InChI is InChI=1S/C29H28N4O2S/c1-21-10-12-25(13-11-21)32-14-16-33(17-15-32)27-19-26(23-7-3-2-4-8-23)30-29(31-27)36-20-22-6-5-9-24(18-22)28(34)35/h2-13,18-19H,14-17,20H2,1H3,(H,34,35). The molecule has 2 heterocycles. The van der Waals surface area contributed by atoms with Gasteiger partial charge in [-0.3, -0.25) is 0 Å². The van der Waals surface area contributed by atoms with E-state index in [1.165, 1.54) is 23.0 Å². The van der Waals surface area contributed by atoms with Crippen molar-refractivity contribution in [2.75, 3.05) is 36.0 Å². The maximum atomic E-state index is 11.3. The Hall–Kier alpha value is -3.84. The molecule has 0 aliphatic carbocycles. The molecule has 0 bridgehead atoms. The van der Waals surface area contributed by atoms with Crippen molar-refractivity contribution >= 4 is 29.2 Å². The second kappa shape index (κ2) is 10.8. The molecule has 0 spiro atoms. The first-order valence-corrected chi connectivity index (χ1v) is 13.0. The summed E-state index contributed by atoms with van der Waals surface area (Å²) in [4.78, 5) is 25.8. The Bertz CT molecular complexity index is 1340. The first-order chi connectivity index (χ1) is 17.5. The molecule has 1 aliphatic heterocycles. The van der Waals surface area contributed by atoms with Gasteiger partial charge >= 0.3 is 5.97 Å². The number of anilines is 2. The van der Waals surface area contributed by atoms with Crippen LogP contribution in [0.2, 0.25) is 0 Å². The quantitative estimate of drug-likeness (QED) is 0.257. The van der Waals surface area contributed by atoms with Crippen molar-refractivity contribution in [2.24, 2.45) is 0 Å². The van der Waals surface area contributed by atoms with E-state index in [1.807, 2.05) is 24.3 Å². The van der Waals surface area contributed by atoms with Gasteiger partial charge in [0.25, 0.3) is 0 Å². The maximum absolute atomic E-state index is 11.3. The van der Waals surface area contributed by atoms with Crippen molar-refractivity contribution in [1.82, 2.24) is 9.97 Å². The fraction of sp³-hybridized carbons (Fsp3) is 0.207. The largest absolute Gasteiger partial charge is 0.478 e. The van der Waals surface area contributed by atoms with Crippen molar-refractivity contribution in [1.29, 1.82) is 0 Å². The average molecular weight is 497 g/mol. The Morgan fingerprint density at radius 3 is 2.31 bits per heavy atom. The summed E-state index contributed by atoms with van der Waals surface area (Å²) >= 11 is 1.53. The van der Waals surface area contributed by atoms with Gasteiger partial charge in [-0.1, -0.05) is 71.9 Å². The SMILES string of the molecule is Cc1ccc(N2CCN(c3cc(-c4ccccc4)nc(SCc4cccc(C(=O)O)c4)n3)CC2)cc1. The Morgan fingerprint density at radius 2 is 1.58 bits per heavy atom. The van der Waals surface area contributed by atoms with E-state index in [9.17, 15) is 9.90 Å². The number of carboxylic acid groups (broad SMARTS) is 1. The van der Waals surface area contributed by atoms with Gasteiger partial charge in [0.15, 0.2) is 5.16 Å². The summed E-state index contributed by atoms with van der Waals surface area (Å²) in [6.07, 6.45) is 0. The fourth-order valence-electron chi connectivity index (χ4n) is 4.29.